The van der Waals surface area contributed by atoms with Gasteiger partial charge in [-0.1, -0.05) is 12.8 Å². The maximum absolute atomic E-state index is 12.2. The number of carbonyl (C=O) groups excluding carboxylic acids is 1. The van der Waals surface area contributed by atoms with Crippen LogP contribution in [0, 0.1) is 5.92 Å². The van der Waals surface area contributed by atoms with E-state index in [9.17, 15) is 4.79 Å². The maximum atomic E-state index is 12.2. The van der Waals surface area contributed by atoms with Gasteiger partial charge in [0.25, 0.3) is 0 Å². The molecule has 0 spiro atoms. The lowest BCUT2D eigenvalue weighted by Gasteiger charge is -2.30. The van der Waals surface area contributed by atoms with Crippen molar-refractivity contribution in [3.8, 4) is 0 Å². The number of carbonyl (C=O) groups is 1. The van der Waals surface area contributed by atoms with Crippen molar-refractivity contribution in [2.45, 2.75) is 64.0 Å². The van der Waals surface area contributed by atoms with Gasteiger partial charge < -0.3 is 15.8 Å². The van der Waals surface area contributed by atoms with Crippen LogP contribution in [0.5, 0.6) is 0 Å². The zero-order valence-electron chi connectivity index (χ0n) is 19.1. The van der Waals surface area contributed by atoms with Crippen LogP contribution >= 0.6 is 0 Å². The van der Waals surface area contributed by atoms with E-state index in [1.165, 1.54) is 12.8 Å². The molecule has 0 saturated heterocycles. The Balaban J connectivity index is 1.49. The van der Waals surface area contributed by atoms with Gasteiger partial charge in [0, 0.05) is 18.9 Å². The highest BCUT2D eigenvalue weighted by Crippen LogP contribution is 2.40. The minimum atomic E-state index is -0.566. The summed E-state index contributed by atoms with van der Waals surface area (Å²) in [6, 6.07) is 5.53. The molecule has 1 saturated carbocycles. The molecule has 168 valence electrons. The predicted molar refractivity (Wildman–Crippen MR) is 123 cm³/mol. The van der Waals surface area contributed by atoms with E-state index in [1.807, 2.05) is 37.8 Å². The number of esters is 1. The van der Waals surface area contributed by atoms with Crippen LogP contribution in [0.15, 0.2) is 24.4 Å². The lowest BCUT2D eigenvalue weighted by Crippen LogP contribution is -2.40. The second-order valence-electron chi connectivity index (χ2n) is 9.96. The van der Waals surface area contributed by atoms with Crippen LogP contribution in [-0.2, 0) is 23.7 Å². The molecule has 3 N–H and O–H groups in total. The third-order valence-electron chi connectivity index (χ3n) is 6.86. The smallest absolute Gasteiger partial charge is 0.340 e. The van der Waals surface area contributed by atoms with Gasteiger partial charge in [0.2, 0.25) is 0 Å². The molecule has 32 heavy (non-hydrogen) atoms. The quantitative estimate of drug-likeness (QED) is 0.598. The first kappa shape index (κ1) is 20.9. The molecule has 4 heterocycles. The number of rotatable bonds is 4. The molecular weight excluding hydrogens is 404 g/mol. The summed E-state index contributed by atoms with van der Waals surface area (Å²) in [6.07, 6.45) is 7.11. The van der Waals surface area contributed by atoms with Crippen molar-refractivity contribution < 1.29 is 9.53 Å². The number of anilines is 2. The van der Waals surface area contributed by atoms with Crippen molar-refractivity contribution in [1.29, 1.82) is 0 Å². The van der Waals surface area contributed by atoms with E-state index in [-0.39, 0.29) is 5.97 Å². The summed E-state index contributed by atoms with van der Waals surface area (Å²) in [7, 11) is 1.93. The van der Waals surface area contributed by atoms with Crippen LogP contribution in [0.2, 0.25) is 0 Å². The molecule has 5 rings (SSSR count). The number of aryl methyl sites for hydroxylation is 1. The molecule has 0 aromatic carbocycles. The molecule has 0 amide bonds. The summed E-state index contributed by atoms with van der Waals surface area (Å²) in [5.74, 6) is 1.40. The van der Waals surface area contributed by atoms with Crippen molar-refractivity contribution in [2.24, 2.45) is 18.7 Å². The first-order chi connectivity index (χ1) is 15.1. The number of cyclic esters (lactones) is 1. The van der Waals surface area contributed by atoms with Crippen molar-refractivity contribution in [2.75, 3.05) is 5.32 Å². The van der Waals surface area contributed by atoms with Crippen molar-refractivity contribution in [3.63, 3.8) is 0 Å². The molecule has 3 aromatic rings. The highest BCUT2D eigenvalue weighted by molar-refractivity contribution is 5.92. The van der Waals surface area contributed by atoms with Gasteiger partial charge in [-0.25, -0.2) is 14.8 Å². The van der Waals surface area contributed by atoms with Crippen LogP contribution < -0.4 is 11.1 Å². The van der Waals surface area contributed by atoms with Crippen LogP contribution in [0.3, 0.4) is 0 Å². The second-order valence-corrected chi connectivity index (χ2v) is 9.96. The largest absolute Gasteiger partial charge is 0.456 e. The minimum Gasteiger partial charge on any atom is -0.456 e. The fraction of sp³-hybridized carbons (Fsp3) is 0.500. The van der Waals surface area contributed by atoms with Gasteiger partial charge >= 0.3 is 5.97 Å². The SMILES string of the molecule is Cn1nc(C(C)(N)C2CCCC2)c2cc(Nc3ccc4c(n3)CC(C)(C)OC4=O)ncc21. The highest BCUT2D eigenvalue weighted by Gasteiger charge is 2.38. The van der Waals surface area contributed by atoms with Gasteiger partial charge in [0.05, 0.1) is 34.2 Å². The van der Waals surface area contributed by atoms with Gasteiger partial charge in [-0.15, -0.1) is 0 Å². The Bertz CT molecular complexity index is 1210. The molecule has 3 aromatic heterocycles. The zero-order chi connectivity index (χ0) is 22.7. The number of nitrogens with two attached hydrogens (primary N) is 1. The summed E-state index contributed by atoms with van der Waals surface area (Å²) in [4.78, 5) is 21.5. The normalized spacial score (nSPS) is 20.1. The Morgan fingerprint density at radius 2 is 2.00 bits per heavy atom. The average Bonchev–Trinajstić information content (AvgIpc) is 3.36. The predicted octanol–water partition coefficient (Wildman–Crippen LogP) is 3.96. The fourth-order valence-corrected chi connectivity index (χ4v) is 5.11. The number of hydrogen-bond acceptors (Lipinski definition) is 7. The second kappa shape index (κ2) is 7.27. The standard InChI is InChI=1S/C24H30N6O2/c1-23(2)12-17-15(22(31)32-23)9-10-19(27-17)28-20-11-16-18(13-26-20)30(4)29-21(16)24(3,25)14-7-5-6-8-14/h9-11,13-14H,5-8,12,25H2,1-4H3,(H,26,27,28). The van der Waals surface area contributed by atoms with E-state index >= 15 is 0 Å². The lowest BCUT2D eigenvalue weighted by atomic mass is 9.81. The van der Waals surface area contributed by atoms with Crippen molar-refractivity contribution in [1.82, 2.24) is 19.7 Å². The molecule has 1 unspecified atom stereocenters. The van der Waals surface area contributed by atoms with E-state index in [0.717, 1.165) is 35.1 Å². The van der Waals surface area contributed by atoms with Crippen molar-refractivity contribution in [3.05, 3.63) is 41.3 Å². The summed E-state index contributed by atoms with van der Waals surface area (Å²) in [5.41, 5.74) is 8.91. The Hall–Kier alpha value is -3.00. The molecule has 2 aliphatic rings. The molecule has 1 aliphatic heterocycles. The summed E-state index contributed by atoms with van der Waals surface area (Å²) >= 11 is 0. The van der Waals surface area contributed by atoms with Gasteiger partial charge in [-0.3, -0.25) is 4.68 Å². The van der Waals surface area contributed by atoms with Crippen LogP contribution in [0.25, 0.3) is 10.9 Å². The summed E-state index contributed by atoms with van der Waals surface area (Å²) in [5, 5.41) is 9.09. The lowest BCUT2D eigenvalue weighted by molar-refractivity contribution is -0.00714. The maximum Gasteiger partial charge on any atom is 0.340 e. The molecular formula is C24H30N6O2. The van der Waals surface area contributed by atoms with Gasteiger partial charge in [-0.2, -0.15) is 5.10 Å². The molecule has 1 aliphatic carbocycles. The van der Waals surface area contributed by atoms with E-state index in [0.29, 0.717) is 29.5 Å². The summed E-state index contributed by atoms with van der Waals surface area (Å²) < 4.78 is 7.32. The van der Waals surface area contributed by atoms with Gasteiger partial charge in [-0.05, 0) is 57.7 Å². The number of aromatic nitrogens is 4. The monoisotopic (exact) mass is 434 g/mol. The van der Waals surface area contributed by atoms with E-state index in [1.54, 1.807) is 12.1 Å². The molecule has 0 radical (unpaired) electrons. The number of ether oxygens (including phenoxy) is 1. The van der Waals surface area contributed by atoms with E-state index in [2.05, 4.69) is 22.2 Å². The molecule has 0 bridgehead atoms. The molecule has 8 nitrogen and oxygen atoms in total. The van der Waals surface area contributed by atoms with E-state index < -0.39 is 11.1 Å². The first-order valence-corrected chi connectivity index (χ1v) is 11.3. The Labute approximate surface area is 187 Å². The third-order valence-corrected chi connectivity index (χ3v) is 6.86. The Morgan fingerprint density at radius 1 is 1.25 bits per heavy atom. The number of nitrogens with zero attached hydrogens (tertiary/aromatic N) is 4. The Morgan fingerprint density at radius 3 is 2.75 bits per heavy atom. The third kappa shape index (κ3) is 3.52. The summed E-state index contributed by atoms with van der Waals surface area (Å²) in [6.45, 7) is 5.89. The van der Waals surface area contributed by atoms with Crippen molar-refractivity contribution >= 4 is 28.5 Å². The first-order valence-electron chi connectivity index (χ1n) is 11.3. The van der Waals surface area contributed by atoms with Gasteiger partial charge in [0.15, 0.2) is 0 Å². The molecule has 1 fully saturated rings. The Kier molecular flexibility index (Phi) is 4.74. The van der Waals surface area contributed by atoms with Crippen LogP contribution in [0.1, 0.15) is 68.2 Å². The highest BCUT2D eigenvalue weighted by atomic mass is 16.6. The minimum absolute atomic E-state index is 0.330. The van der Waals surface area contributed by atoms with Crippen LogP contribution in [0.4, 0.5) is 11.6 Å². The number of pyridine rings is 2. The average molecular weight is 435 g/mol. The fourth-order valence-electron chi connectivity index (χ4n) is 5.11. The molecule has 8 heteroatoms. The zero-order valence-corrected chi connectivity index (χ0v) is 19.1. The number of nitrogens with one attached hydrogen (secondary N) is 1. The van der Waals surface area contributed by atoms with E-state index in [4.69, 9.17) is 15.6 Å². The van der Waals surface area contributed by atoms with Gasteiger partial charge in [0.1, 0.15) is 17.2 Å². The van der Waals surface area contributed by atoms with Crippen LogP contribution in [-0.4, -0.2) is 31.3 Å². The number of hydrogen-bond donors (Lipinski definition) is 2. The molecule has 1 atom stereocenters. The number of fused-ring (bicyclic) bond motifs is 2. The topological polar surface area (TPSA) is 108 Å².